The van der Waals surface area contributed by atoms with Crippen LogP contribution in [0.4, 0.5) is 11.4 Å². The molecule has 1 aromatic carbocycles. The van der Waals surface area contributed by atoms with Crippen molar-refractivity contribution in [2.24, 2.45) is 0 Å². The van der Waals surface area contributed by atoms with E-state index >= 15 is 0 Å². The van der Waals surface area contributed by atoms with Gasteiger partial charge >= 0.3 is 0 Å². The highest BCUT2D eigenvalue weighted by Gasteiger charge is 2.30. The summed E-state index contributed by atoms with van der Waals surface area (Å²) in [5.74, 6) is -0.249. The summed E-state index contributed by atoms with van der Waals surface area (Å²) in [7, 11) is 0. The average Bonchev–Trinajstić information content (AvgIpc) is 2.84. The second-order valence-electron chi connectivity index (χ2n) is 5.01. The van der Waals surface area contributed by atoms with Gasteiger partial charge in [-0.05, 0) is 38.8 Å². The standard InChI is InChI=1S/C14H19N3O3/c1-3-15-11-6-7-13(17(19)20)12(9-11)14(18)16-8-4-5-10(16)2/h6-7,9-10,15H,3-5,8H2,1-2H3. The molecule has 1 aromatic rings. The molecule has 1 unspecified atom stereocenters. The molecule has 0 spiro atoms. The number of hydrogen-bond donors (Lipinski definition) is 1. The number of rotatable bonds is 4. The van der Waals surface area contributed by atoms with Gasteiger partial charge in [0.15, 0.2) is 0 Å². The van der Waals surface area contributed by atoms with Crippen LogP contribution in [0.2, 0.25) is 0 Å². The van der Waals surface area contributed by atoms with E-state index < -0.39 is 4.92 Å². The van der Waals surface area contributed by atoms with Crippen molar-refractivity contribution < 1.29 is 9.72 Å². The lowest BCUT2D eigenvalue weighted by Crippen LogP contribution is -2.34. The maximum atomic E-state index is 12.5. The maximum absolute atomic E-state index is 12.5. The van der Waals surface area contributed by atoms with Crippen molar-refractivity contribution in [2.75, 3.05) is 18.4 Å². The molecule has 20 heavy (non-hydrogen) atoms. The minimum atomic E-state index is -0.496. The van der Waals surface area contributed by atoms with Crippen LogP contribution in [0.5, 0.6) is 0 Å². The van der Waals surface area contributed by atoms with Crippen LogP contribution in [-0.2, 0) is 0 Å². The number of anilines is 1. The number of likely N-dealkylation sites (tertiary alicyclic amines) is 1. The van der Waals surface area contributed by atoms with E-state index in [1.807, 2.05) is 13.8 Å². The van der Waals surface area contributed by atoms with Gasteiger partial charge in [0, 0.05) is 30.9 Å². The number of nitrogens with one attached hydrogen (secondary N) is 1. The monoisotopic (exact) mass is 277 g/mol. The molecule has 1 aliphatic heterocycles. The van der Waals surface area contributed by atoms with Crippen LogP contribution in [0.3, 0.4) is 0 Å². The molecule has 1 aliphatic rings. The van der Waals surface area contributed by atoms with Gasteiger partial charge in [0.2, 0.25) is 0 Å². The molecule has 6 nitrogen and oxygen atoms in total. The van der Waals surface area contributed by atoms with Crippen LogP contribution >= 0.6 is 0 Å². The molecule has 0 aromatic heterocycles. The van der Waals surface area contributed by atoms with Crippen molar-refractivity contribution in [3.05, 3.63) is 33.9 Å². The van der Waals surface area contributed by atoms with Crippen molar-refractivity contribution in [3.8, 4) is 0 Å². The van der Waals surface area contributed by atoms with Crippen LogP contribution in [0, 0.1) is 10.1 Å². The topological polar surface area (TPSA) is 75.5 Å². The van der Waals surface area contributed by atoms with Gasteiger partial charge in [-0.15, -0.1) is 0 Å². The van der Waals surface area contributed by atoms with E-state index in [0.29, 0.717) is 13.1 Å². The fraction of sp³-hybridized carbons (Fsp3) is 0.500. The van der Waals surface area contributed by atoms with Crippen LogP contribution in [0.25, 0.3) is 0 Å². The molecule has 1 atom stereocenters. The highest BCUT2D eigenvalue weighted by molar-refractivity contribution is 5.99. The Kier molecular flexibility index (Phi) is 4.22. The molecule has 2 rings (SSSR count). The van der Waals surface area contributed by atoms with E-state index in [9.17, 15) is 14.9 Å². The van der Waals surface area contributed by atoms with E-state index in [1.54, 1.807) is 17.0 Å². The number of hydrogen-bond acceptors (Lipinski definition) is 4. The van der Waals surface area contributed by atoms with Crippen LogP contribution in [0.15, 0.2) is 18.2 Å². The predicted molar refractivity (Wildman–Crippen MR) is 77.0 cm³/mol. The fourth-order valence-electron chi connectivity index (χ4n) is 2.57. The zero-order valence-electron chi connectivity index (χ0n) is 11.8. The first kappa shape index (κ1) is 14.3. The van der Waals surface area contributed by atoms with Crippen LogP contribution in [-0.4, -0.2) is 34.9 Å². The smallest absolute Gasteiger partial charge is 0.282 e. The SMILES string of the molecule is CCNc1ccc([N+](=O)[O-])c(C(=O)N2CCCC2C)c1. The normalized spacial score (nSPS) is 18.1. The number of carbonyl (C=O) groups is 1. The summed E-state index contributed by atoms with van der Waals surface area (Å²) in [5, 5.41) is 14.2. The summed E-state index contributed by atoms with van der Waals surface area (Å²) in [6.07, 6.45) is 1.90. The lowest BCUT2D eigenvalue weighted by Gasteiger charge is -2.21. The third kappa shape index (κ3) is 2.74. The Bertz CT molecular complexity index is 530. The summed E-state index contributed by atoms with van der Waals surface area (Å²) in [4.78, 5) is 24.9. The molecule has 0 radical (unpaired) electrons. The minimum Gasteiger partial charge on any atom is -0.385 e. The first-order valence-corrected chi connectivity index (χ1v) is 6.88. The number of nitrogens with zero attached hydrogens (tertiary/aromatic N) is 2. The first-order valence-electron chi connectivity index (χ1n) is 6.88. The number of nitro benzene ring substituents is 1. The molecule has 1 N–H and O–H groups in total. The molecule has 1 heterocycles. The first-order chi connectivity index (χ1) is 9.54. The number of nitro groups is 1. The fourth-order valence-corrected chi connectivity index (χ4v) is 2.57. The molecule has 1 fully saturated rings. The van der Waals surface area contributed by atoms with Crippen LogP contribution in [0.1, 0.15) is 37.0 Å². The lowest BCUT2D eigenvalue weighted by molar-refractivity contribution is -0.385. The molecule has 0 aliphatic carbocycles. The minimum absolute atomic E-state index is 0.129. The summed E-state index contributed by atoms with van der Waals surface area (Å²) in [5.41, 5.74) is 0.770. The summed E-state index contributed by atoms with van der Waals surface area (Å²) in [6, 6.07) is 4.75. The lowest BCUT2D eigenvalue weighted by atomic mass is 10.1. The van der Waals surface area contributed by atoms with Crippen molar-refractivity contribution in [2.45, 2.75) is 32.7 Å². The van der Waals surface area contributed by atoms with Gasteiger partial charge in [0.1, 0.15) is 5.56 Å². The Morgan fingerprint density at radius 3 is 2.85 bits per heavy atom. The van der Waals surface area contributed by atoms with Crippen molar-refractivity contribution in [1.29, 1.82) is 0 Å². The van der Waals surface area contributed by atoms with E-state index in [0.717, 1.165) is 18.5 Å². The van der Waals surface area contributed by atoms with E-state index in [4.69, 9.17) is 0 Å². The second kappa shape index (κ2) is 5.90. The molecule has 1 saturated heterocycles. The maximum Gasteiger partial charge on any atom is 0.282 e. The van der Waals surface area contributed by atoms with Crippen molar-refractivity contribution >= 4 is 17.3 Å². The van der Waals surface area contributed by atoms with Crippen LogP contribution < -0.4 is 5.32 Å². The molecule has 0 bridgehead atoms. The molecule has 6 heteroatoms. The van der Waals surface area contributed by atoms with Gasteiger partial charge in [-0.3, -0.25) is 14.9 Å². The van der Waals surface area contributed by atoms with E-state index in [-0.39, 0.29) is 23.2 Å². The second-order valence-corrected chi connectivity index (χ2v) is 5.01. The van der Waals surface area contributed by atoms with Crippen molar-refractivity contribution in [1.82, 2.24) is 4.90 Å². The third-order valence-electron chi connectivity index (χ3n) is 3.62. The summed E-state index contributed by atoms with van der Waals surface area (Å²) >= 11 is 0. The van der Waals surface area contributed by atoms with Gasteiger partial charge in [-0.1, -0.05) is 0 Å². The van der Waals surface area contributed by atoms with Gasteiger partial charge < -0.3 is 10.2 Å². The Morgan fingerprint density at radius 2 is 2.30 bits per heavy atom. The molecule has 1 amide bonds. The van der Waals surface area contributed by atoms with E-state index in [1.165, 1.54) is 6.07 Å². The van der Waals surface area contributed by atoms with E-state index in [2.05, 4.69) is 5.32 Å². The largest absolute Gasteiger partial charge is 0.385 e. The molecular weight excluding hydrogens is 258 g/mol. The van der Waals surface area contributed by atoms with Gasteiger partial charge in [0.25, 0.3) is 11.6 Å². The highest BCUT2D eigenvalue weighted by Crippen LogP contribution is 2.27. The Hall–Kier alpha value is -2.11. The molecule has 0 saturated carbocycles. The molecule has 108 valence electrons. The predicted octanol–water partition coefficient (Wildman–Crippen LogP) is 2.65. The summed E-state index contributed by atoms with van der Waals surface area (Å²) < 4.78 is 0. The van der Waals surface area contributed by atoms with Crippen molar-refractivity contribution in [3.63, 3.8) is 0 Å². The average molecular weight is 277 g/mol. The number of benzene rings is 1. The Labute approximate surface area is 117 Å². The number of carbonyl (C=O) groups excluding carboxylic acids is 1. The Morgan fingerprint density at radius 1 is 1.55 bits per heavy atom. The zero-order chi connectivity index (χ0) is 14.7. The van der Waals surface area contributed by atoms with Gasteiger partial charge in [-0.25, -0.2) is 0 Å². The van der Waals surface area contributed by atoms with Gasteiger partial charge in [0.05, 0.1) is 4.92 Å². The highest BCUT2D eigenvalue weighted by atomic mass is 16.6. The Balaban J connectivity index is 2.38. The third-order valence-corrected chi connectivity index (χ3v) is 3.62. The quantitative estimate of drug-likeness (QED) is 0.678. The summed E-state index contributed by atoms with van der Waals surface area (Å²) in [6.45, 7) is 5.28. The number of amides is 1. The zero-order valence-corrected chi connectivity index (χ0v) is 11.8. The molecular formula is C14H19N3O3. The van der Waals surface area contributed by atoms with Gasteiger partial charge in [-0.2, -0.15) is 0 Å².